The van der Waals surface area contributed by atoms with Crippen molar-refractivity contribution in [3.05, 3.63) is 40.0 Å². The Kier molecular flexibility index (Phi) is 3.68. The van der Waals surface area contributed by atoms with Crippen molar-refractivity contribution in [2.45, 2.75) is 13.0 Å². The SMILES string of the molecule is COc1nccnc1C(NN)c1ccc(C)s1. The van der Waals surface area contributed by atoms with Crippen LogP contribution in [-0.2, 0) is 0 Å². The molecule has 2 aromatic heterocycles. The number of hydrazine groups is 1. The molecule has 0 aliphatic heterocycles. The maximum Gasteiger partial charge on any atom is 0.237 e. The van der Waals surface area contributed by atoms with Crippen LogP contribution in [0.5, 0.6) is 5.88 Å². The van der Waals surface area contributed by atoms with Gasteiger partial charge >= 0.3 is 0 Å². The van der Waals surface area contributed by atoms with Crippen molar-refractivity contribution in [3.63, 3.8) is 0 Å². The summed E-state index contributed by atoms with van der Waals surface area (Å²) in [6.45, 7) is 2.05. The van der Waals surface area contributed by atoms with Crippen molar-refractivity contribution in [2.75, 3.05) is 7.11 Å². The molecule has 2 rings (SSSR count). The van der Waals surface area contributed by atoms with E-state index in [0.717, 1.165) is 4.88 Å². The van der Waals surface area contributed by atoms with E-state index < -0.39 is 0 Å². The first-order chi connectivity index (χ1) is 8.26. The lowest BCUT2D eigenvalue weighted by molar-refractivity contribution is 0.383. The van der Waals surface area contributed by atoms with Gasteiger partial charge < -0.3 is 4.74 Å². The number of nitrogens with one attached hydrogen (secondary N) is 1. The lowest BCUT2D eigenvalue weighted by Crippen LogP contribution is -2.29. The first-order valence-electron chi connectivity index (χ1n) is 5.13. The Morgan fingerprint density at radius 3 is 2.71 bits per heavy atom. The topological polar surface area (TPSA) is 73.1 Å². The fourth-order valence-electron chi connectivity index (χ4n) is 1.60. The Morgan fingerprint density at radius 1 is 1.35 bits per heavy atom. The number of rotatable bonds is 4. The van der Waals surface area contributed by atoms with Gasteiger partial charge in [-0.05, 0) is 19.1 Å². The third kappa shape index (κ3) is 2.44. The molecule has 0 bridgehead atoms. The summed E-state index contributed by atoms with van der Waals surface area (Å²) in [5, 5.41) is 0. The second kappa shape index (κ2) is 5.22. The van der Waals surface area contributed by atoms with Crippen LogP contribution in [0.1, 0.15) is 21.5 Å². The minimum Gasteiger partial charge on any atom is -0.480 e. The van der Waals surface area contributed by atoms with Crippen molar-refractivity contribution in [1.82, 2.24) is 15.4 Å². The predicted molar refractivity (Wildman–Crippen MR) is 66.8 cm³/mol. The highest BCUT2D eigenvalue weighted by atomic mass is 32.1. The average molecular weight is 250 g/mol. The van der Waals surface area contributed by atoms with Gasteiger partial charge in [0.25, 0.3) is 0 Å². The summed E-state index contributed by atoms with van der Waals surface area (Å²) in [5.74, 6) is 6.09. The molecule has 1 atom stereocenters. The van der Waals surface area contributed by atoms with Gasteiger partial charge in [0.2, 0.25) is 5.88 Å². The summed E-state index contributed by atoms with van der Waals surface area (Å²) in [7, 11) is 1.57. The van der Waals surface area contributed by atoms with Crippen LogP contribution in [0.4, 0.5) is 0 Å². The molecule has 0 aliphatic carbocycles. The van der Waals surface area contributed by atoms with E-state index in [1.54, 1.807) is 30.8 Å². The van der Waals surface area contributed by atoms with Gasteiger partial charge in [-0.25, -0.2) is 10.4 Å². The smallest absolute Gasteiger partial charge is 0.237 e. The first-order valence-corrected chi connectivity index (χ1v) is 5.95. The van der Waals surface area contributed by atoms with Crippen LogP contribution in [0.3, 0.4) is 0 Å². The zero-order chi connectivity index (χ0) is 12.3. The van der Waals surface area contributed by atoms with Gasteiger partial charge in [-0.1, -0.05) is 0 Å². The molecule has 2 aromatic rings. The third-order valence-corrected chi connectivity index (χ3v) is 3.44. The quantitative estimate of drug-likeness (QED) is 0.634. The molecule has 6 heteroatoms. The van der Waals surface area contributed by atoms with Gasteiger partial charge in [-0.15, -0.1) is 11.3 Å². The van der Waals surface area contributed by atoms with Crippen LogP contribution in [0.2, 0.25) is 0 Å². The zero-order valence-corrected chi connectivity index (χ0v) is 10.5. The molecular weight excluding hydrogens is 236 g/mol. The van der Waals surface area contributed by atoms with Crippen molar-refractivity contribution < 1.29 is 4.74 Å². The lowest BCUT2D eigenvalue weighted by atomic mass is 10.2. The van der Waals surface area contributed by atoms with Crippen LogP contribution >= 0.6 is 11.3 Å². The molecule has 0 amide bonds. The van der Waals surface area contributed by atoms with Crippen molar-refractivity contribution in [2.24, 2.45) is 5.84 Å². The molecule has 1 unspecified atom stereocenters. The Morgan fingerprint density at radius 2 is 2.12 bits per heavy atom. The molecule has 90 valence electrons. The normalized spacial score (nSPS) is 12.4. The molecule has 2 heterocycles. The highest BCUT2D eigenvalue weighted by Gasteiger charge is 2.20. The van der Waals surface area contributed by atoms with Gasteiger partial charge in [-0.3, -0.25) is 10.8 Å². The summed E-state index contributed by atoms with van der Waals surface area (Å²) in [6, 6.07) is 3.88. The number of aryl methyl sites for hydroxylation is 1. The molecule has 0 saturated heterocycles. The number of nitrogens with two attached hydrogens (primary N) is 1. The Labute approximate surface area is 104 Å². The molecule has 5 nitrogen and oxygen atoms in total. The van der Waals surface area contributed by atoms with Crippen LogP contribution in [0, 0.1) is 6.92 Å². The molecule has 0 fully saturated rings. The molecule has 17 heavy (non-hydrogen) atoms. The second-order valence-electron chi connectivity index (χ2n) is 3.50. The van der Waals surface area contributed by atoms with Crippen molar-refractivity contribution in [3.8, 4) is 5.88 Å². The Hall–Kier alpha value is -1.50. The average Bonchev–Trinajstić information content (AvgIpc) is 2.77. The van der Waals surface area contributed by atoms with E-state index >= 15 is 0 Å². The number of aromatic nitrogens is 2. The standard InChI is InChI=1S/C11H14N4OS/c1-7-3-4-8(17-7)9(15-12)10-11(16-2)14-6-5-13-10/h3-6,9,15H,12H2,1-2H3. The molecule has 0 saturated carbocycles. The van der Waals surface area contributed by atoms with Gasteiger partial charge in [0, 0.05) is 22.1 Å². The molecule has 0 aliphatic rings. The Bertz CT molecular complexity index is 500. The zero-order valence-electron chi connectivity index (χ0n) is 9.68. The molecule has 0 aromatic carbocycles. The Balaban J connectivity index is 2.41. The first kappa shape index (κ1) is 12.0. The second-order valence-corrected chi connectivity index (χ2v) is 4.82. The van der Waals surface area contributed by atoms with Crippen LogP contribution in [0.15, 0.2) is 24.5 Å². The van der Waals surface area contributed by atoms with E-state index in [0.29, 0.717) is 11.6 Å². The van der Waals surface area contributed by atoms with Crippen molar-refractivity contribution in [1.29, 1.82) is 0 Å². The largest absolute Gasteiger partial charge is 0.480 e. The summed E-state index contributed by atoms with van der Waals surface area (Å²) in [4.78, 5) is 10.7. The summed E-state index contributed by atoms with van der Waals surface area (Å²) >= 11 is 1.67. The highest BCUT2D eigenvalue weighted by molar-refractivity contribution is 7.12. The van der Waals surface area contributed by atoms with E-state index in [4.69, 9.17) is 10.6 Å². The van der Waals surface area contributed by atoms with E-state index in [1.807, 2.05) is 12.1 Å². The van der Waals surface area contributed by atoms with E-state index in [9.17, 15) is 0 Å². The van der Waals surface area contributed by atoms with Crippen molar-refractivity contribution >= 4 is 11.3 Å². The van der Waals surface area contributed by atoms with Crippen LogP contribution in [0.25, 0.3) is 0 Å². The predicted octanol–water partition coefficient (Wildman–Crippen LogP) is 1.41. The fourth-order valence-corrected chi connectivity index (χ4v) is 2.54. The maximum absolute atomic E-state index is 5.60. The number of hydrogen-bond donors (Lipinski definition) is 2. The molecule has 0 spiro atoms. The summed E-state index contributed by atoms with van der Waals surface area (Å²) in [5.41, 5.74) is 3.44. The fraction of sp³-hybridized carbons (Fsp3) is 0.273. The molecular formula is C11H14N4OS. The lowest BCUT2D eigenvalue weighted by Gasteiger charge is -2.15. The van der Waals surface area contributed by atoms with Crippen LogP contribution < -0.4 is 16.0 Å². The molecule has 3 N–H and O–H groups in total. The number of ether oxygens (including phenoxy) is 1. The third-order valence-electron chi connectivity index (χ3n) is 2.37. The molecule has 0 radical (unpaired) electrons. The van der Waals surface area contributed by atoms with Gasteiger partial charge in [0.05, 0.1) is 7.11 Å². The minimum atomic E-state index is -0.197. The van der Waals surface area contributed by atoms with Crippen LogP contribution in [-0.4, -0.2) is 17.1 Å². The van der Waals surface area contributed by atoms with E-state index in [2.05, 4.69) is 22.3 Å². The van der Waals surface area contributed by atoms with Gasteiger partial charge in [0.15, 0.2) is 0 Å². The summed E-state index contributed by atoms with van der Waals surface area (Å²) in [6.07, 6.45) is 3.22. The highest BCUT2D eigenvalue weighted by Crippen LogP contribution is 2.30. The number of hydrogen-bond acceptors (Lipinski definition) is 6. The summed E-state index contributed by atoms with van der Waals surface area (Å²) < 4.78 is 5.19. The number of thiophene rings is 1. The van der Waals surface area contributed by atoms with Gasteiger partial charge in [0.1, 0.15) is 11.7 Å². The van der Waals surface area contributed by atoms with E-state index in [1.165, 1.54) is 4.88 Å². The minimum absolute atomic E-state index is 0.197. The number of methoxy groups -OCH3 is 1. The van der Waals surface area contributed by atoms with E-state index in [-0.39, 0.29) is 6.04 Å². The number of nitrogens with zero attached hydrogens (tertiary/aromatic N) is 2. The maximum atomic E-state index is 5.60. The monoisotopic (exact) mass is 250 g/mol. The van der Waals surface area contributed by atoms with Gasteiger partial charge in [-0.2, -0.15) is 0 Å².